The van der Waals surface area contributed by atoms with E-state index in [0.29, 0.717) is 5.92 Å². The van der Waals surface area contributed by atoms with Crippen molar-refractivity contribution >= 4 is 11.8 Å². The number of carbonyl (C=O) groups excluding carboxylic acids is 2. The first-order chi connectivity index (χ1) is 9.96. The highest BCUT2D eigenvalue weighted by molar-refractivity contribution is 6.00. The second-order valence-electron chi connectivity index (χ2n) is 6.54. The summed E-state index contributed by atoms with van der Waals surface area (Å²) in [7, 11) is 0. The van der Waals surface area contributed by atoms with Gasteiger partial charge in [0.1, 0.15) is 11.6 Å². The van der Waals surface area contributed by atoms with Gasteiger partial charge in [-0.15, -0.1) is 0 Å². The molecular weight excluding hydrogens is 264 g/mol. The van der Waals surface area contributed by atoms with E-state index in [9.17, 15) is 9.59 Å². The van der Waals surface area contributed by atoms with Crippen LogP contribution in [0.15, 0.2) is 30.3 Å². The summed E-state index contributed by atoms with van der Waals surface area (Å²) in [5.41, 5.74) is 0.149. The summed E-state index contributed by atoms with van der Waals surface area (Å²) in [4.78, 5) is 27.5. The molecule has 4 heteroatoms. The lowest BCUT2D eigenvalue weighted by Crippen LogP contribution is -2.69. The number of rotatable bonds is 3. The molecule has 2 amide bonds. The summed E-state index contributed by atoms with van der Waals surface area (Å²) in [6.07, 6.45) is 2.05. The number of carbonyl (C=O) groups is 2. The van der Waals surface area contributed by atoms with Crippen molar-refractivity contribution in [3.05, 3.63) is 35.9 Å². The van der Waals surface area contributed by atoms with Crippen molar-refractivity contribution < 1.29 is 9.59 Å². The highest BCUT2D eigenvalue weighted by atomic mass is 16.2. The van der Waals surface area contributed by atoms with Gasteiger partial charge in [-0.2, -0.15) is 0 Å². The lowest BCUT2D eigenvalue weighted by molar-refractivity contribution is -0.161. The Morgan fingerprint density at radius 2 is 1.81 bits per heavy atom. The second kappa shape index (κ2) is 4.86. The first-order valence-corrected chi connectivity index (χ1v) is 7.65. The Morgan fingerprint density at radius 1 is 1.19 bits per heavy atom. The maximum atomic E-state index is 13.0. The maximum absolute atomic E-state index is 13.0. The average Bonchev–Trinajstić information content (AvgIpc) is 3.28. The minimum Gasteiger partial charge on any atom is -0.338 e. The molecule has 1 aliphatic heterocycles. The van der Waals surface area contributed by atoms with Gasteiger partial charge >= 0.3 is 0 Å². The van der Waals surface area contributed by atoms with Crippen LogP contribution >= 0.6 is 0 Å². The van der Waals surface area contributed by atoms with Gasteiger partial charge in [-0.25, -0.2) is 0 Å². The third-order valence-electron chi connectivity index (χ3n) is 4.74. The molecule has 0 spiro atoms. The van der Waals surface area contributed by atoms with E-state index in [-0.39, 0.29) is 17.9 Å². The molecule has 1 aromatic carbocycles. The standard InChI is InChI=1S/C17H22N2O2/c1-11(2)19-15(20)14(12-7-5-4-6-8-12)18-16(21)17(19,3)13-9-10-13/h4-8,11,13-14H,9-10H2,1-3H3,(H,18,21). The predicted molar refractivity (Wildman–Crippen MR) is 80.4 cm³/mol. The summed E-state index contributed by atoms with van der Waals surface area (Å²) in [5, 5.41) is 2.95. The van der Waals surface area contributed by atoms with Crippen molar-refractivity contribution in [3.8, 4) is 0 Å². The van der Waals surface area contributed by atoms with E-state index in [1.807, 2.05) is 51.1 Å². The third-order valence-corrected chi connectivity index (χ3v) is 4.74. The number of piperazine rings is 1. The van der Waals surface area contributed by atoms with Crippen LogP contribution in [0.25, 0.3) is 0 Å². The normalized spacial score (nSPS) is 29.7. The van der Waals surface area contributed by atoms with Gasteiger partial charge in [0.15, 0.2) is 0 Å². The quantitative estimate of drug-likeness (QED) is 0.926. The van der Waals surface area contributed by atoms with Gasteiger partial charge in [0.2, 0.25) is 5.91 Å². The molecule has 2 fully saturated rings. The van der Waals surface area contributed by atoms with Crippen molar-refractivity contribution in [2.24, 2.45) is 5.92 Å². The van der Waals surface area contributed by atoms with Crippen LogP contribution in [0.4, 0.5) is 0 Å². The van der Waals surface area contributed by atoms with Crippen molar-refractivity contribution in [1.82, 2.24) is 10.2 Å². The maximum Gasteiger partial charge on any atom is 0.250 e. The van der Waals surface area contributed by atoms with Crippen molar-refractivity contribution in [3.63, 3.8) is 0 Å². The zero-order chi connectivity index (χ0) is 15.2. The molecule has 2 atom stereocenters. The minimum atomic E-state index is -0.698. The van der Waals surface area contributed by atoms with Gasteiger partial charge in [-0.05, 0) is 45.1 Å². The smallest absolute Gasteiger partial charge is 0.250 e. The number of hydrogen-bond acceptors (Lipinski definition) is 2. The van der Waals surface area contributed by atoms with E-state index in [1.165, 1.54) is 0 Å². The van der Waals surface area contributed by atoms with Gasteiger partial charge in [0.05, 0.1) is 0 Å². The number of benzene rings is 1. The zero-order valence-corrected chi connectivity index (χ0v) is 12.8. The lowest BCUT2D eigenvalue weighted by atomic mass is 9.85. The number of nitrogens with zero attached hydrogens (tertiary/aromatic N) is 1. The number of amides is 2. The molecule has 2 unspecified atom stereocenters. The molecule has 112 valence electrons. The van der Waals surface area contributed by atoms with Crippen LogP contribution in [0.1, 0.15) is 45.2 Å². The topological polar surface area (TPSA) is 49.4 Å². The molecule has 2 aliphatic rings. The predicted octanol–water partition coefficient (Wildman–Crippen LogP) is 2.26. The first kappa shape index (κ1) is 14.1. The van der Waals surface area contributed by atoms with Gasteiger partial charge in [0, 0.05) is 6.04 Å². The van der Waals surface area contributed by atoms with E-state index in [2.05, 4.69) is 5.32 Å². The van der Waals surface area contributed by atoms with Crippen LogP contribution in [-0.2, 0) is 9.59 Å². The SMILES string of the molecule is CC(C)N1C(=O)C(c2ccccc2)NC(=O)C1(C)C1CC1. The molecule has 0 bridgehead atoms. The minimum absolute atomic E-state index is 0.00481. The Kier molecular flexibility index (Phi) is 3.27. The fourth-order valence-corrected chi connectivity index (χ4v) is 3.51. The van der Waals surface area contributed by atoms with E-state index >= 15 is 0 Å². The Morgan fingerprint density at radius 3 is 2.33 bits per heavy atom. The number of nitrogens with one attached hydrogen (secondary N) is 1. The van der Waals surface area contributed by atoms with Crippen LogP contribution in [0.5, 0.6) is 0 Å². The second-order valence-corrected chi connectivity index (χ2v) is 6.54. The highest BCUT2D eigenvalue weighted by Crippen LogP contribution is 2.46. The fraction of sp³-hybridized carbons (Fsp3) is 0.529. The van der Waals surface area contributed by atoms with Crippen LogP contribution in [-0.4, -0.2) is 28.3 Å². The van der Waals surface area contributed by atoms with Crippen LogP contribution in [0, 0.1) is 5.92 Å². The molecule has 4 nitrogen and oxygen atoms in total. The lowest BCUT2D eigenvalue weighted by Gasteiger charge is -2.48. The summed E-state index contributed by atoms with van der Waals surface area (Å²) in [5.74, 6) is 0.276. The Bertz CT molecular complexity index is 565. The van der Waals surface area contributed by atoms with E-state index in [1.54, 1.807) is 4.90 Å². The Hall–Kier alpha value is -1.84. The van der Waals surface area contributed by atoms with Crippen LogP contribution in [0.2, 0.25) is 0 Å². The average molecular weight is 286 g/mol. The van der Waals surface area contributed by atoms with E-state index < -0.39 is 11.6 Å². The zero-order valence-electron chi connectivity index (χ0n) is 12.8. The molecule has 1 aliphatic carbocycles. The number of hydrogen-bond donors (Lipinski definition) is 1. The van der Waals surface area contributed by atoms with Gasteiger partial charge in [-0.3, -0.25) is 9.59 Å². The molecular formula is C17H22N2O2. The van der Waals surface area contributed by atoms with Gasteiger partial charge in [0.25, 0.3) is 5.91 Å². The fourth-order valence-electron chi connectivity index (χ4n) is 3.51. The summed E-state index contributed by atoms with van der Waals surface area (Å²) >= 11 is 0. The van der Waals surface area contributed by atoms with Gasteiger partial charge in [-0.1, -0.05) is 30.3 Å². The molecule has 1 N–H and O–H groups in total. The third kappa shape index (κ3) is 2.13. The highest BCUT2D eigenvalue weighted by Gasteiger charge is 2.57. The Balaban J connectivity index is 1.99. The summed E-state index contributed by atoms with van der Waals surface area (Å²) < 4.78 is 0. The molecule has 21 heavy (non-hydrogen) atoms. The summed E-state index contributed by atoms with van der Waals surface area (Å²) in [6, 6.07) is 8.93. The van der Waals surface area contributed by atoms with Crippen molar-refractivity contribution in [2.75, 3.05) is 0 Å². The summed E-state index contributed by atoms with van der Waals surface area (Å²) in [6.45, 7) is 5.89. The Labute approximate surface area is 125 Å². The molecule has 1 heterocycles. The van der Waals surface area contributed by atoms with Crippen LogP contribution in [0.3, 0.4) is 0 Å². The van der Waals surface area contributed by atoms with Crippen molar-refractivity contribution in [2.45, 2.75) is 51.2 Å². The van der Waals surface area contributed by atoms with E-state index in [4.69, 9.17) is 0 Å². The molecule has 1 saturated heterocycles. The van der Waals surface area contributed by atoms with Gasteiger partial charge < -0.3 is 10.2 Å². The van der Waals surface area contributed by atoms with Crippen LogP contribution < -0.4 is 5.32 Å². The van der Waals surface area contributed by atoms with Crippen molar-refractivity contribution in [1.29, 1.82) is 0 Å². The van der Waals surface area contributed by atoms with E-state index in [0.717, 1.165) is 18.4 Å². The largest absolute Gasteiger partial charge is 0.338 e. The molecule has 0 radical (unpaired) electrons. The molecule has 1 saturated carbocycles. The molecule has 0 aromatic heterocycles. The molecule has 1 aromatic rings. The molecule has 3 rings (SSSR count). The first-order valence-electron chi connectivity index (χ1n) is 7.65. The monoisotopic (exact) mass is 286 g/mol.